The first-order valence-electron chi connectivity index (χ1n) is 5.92. The van der Waals surface area contributed by atoms with Crippen molar-refractivity contribution in [2.75, 3.05) is 13.2 Å². The average molecular weight is 302 g/mol. The molecule has 20 heavy (non-hydrogen) atoms. The number of nitrogens with one attached hydrogen (secondary N) is 1. The van der Waals surface area contributed by atoms with Crippen LogP contribution >= 0.6 is 11.6 Å². The number of rotatable bonds is 3. The van der Waals surface area contributed by atoms with Crippen LogP contribution < -0.4 is 5.32 Å². The van der Waals surface area contributed by atoms with E-state index in [0.29, 0.717) is 0 Å². The molecular formula is C13H13ClFNO4. The monoisotopic (exact) mass is 301 g/mol. The molecule has 0 spiro atoms. The molecule has 1 saturated heterocycles. The van der Waals surface area contributed by atoms with Crippen molar-refractivity contribution in [2.24, 2.45) is 5.41 Å². The maximum absolute atomic E-state index is 13.6. The molecule has 0 radical (unpaired) electrons. The Morgan fingerprint density at radius 3 is 2.85 bits per heavy atom. The summed E-state index contributed by atoms with van der Waals surface area (Å²) in [4.78, 5) is 23.3. The highest BCUT2D eigenvalue weighted by Crippen LogP contribution is 2.29. The number of carbonyl (C=O) groups excluding carboxylic acids is 1. The Hall–Kier alpha value is -1.66. The molecule has 2 atom stereocenters. The minimum atomic E-state index is -1.24. The summed E-state index contributed by atoms with van der Waals surface area (Å²) < 4.78 is 18.7. The van der Waals surface area contributed by atoms with E-state index in [1.165, 1.54) is 19.1 Å². The van der Waals surface area contributed by atoms with Gasteiger partial charge in [0.05, 0.1) is 29.8 Å². The van der Waals surface area contributed by atoms with Gasteiger partial charge in [0.1, 0.15) is 11.2 Å². The number of halogens is 2. The molecule has 2 N–H and O–H groups in total. The molecule has 0 saturated carbocycles. The zero-order valence-electron chi connectivity index (χ0n) is 10.7. The summed E-state index contributed by atoms with van der Waals surface area (Å²) in [5, 5.41) is 11.7. The van der Waals surface area contributed by atoms with E-state index in [4.69, 9.17) is 16.3 Å². The molecule has 1 amide bonds. The molecule has 0 bridgehead atoms. The smallest absolute Gasteiger partial charge is 0.313 e. The predicted molar refractivity (Wildman–Crippen MR) is 69.2 cm³/mol. The van der Waals surface area contributed by atoms with Gasteiger partial charge < -0.3 is 15.2 Å². The molecule has 2 rings (SSSR count). The zero-order chi connectivity index (χ0) is 14.9. The van der Waals surface area contributed by atoms with Gasteiger partial charge in [-0.05, 0) is 19.1 Å². The Balaban J connectivity index is 2.22. The highest BCUT2D eigenvalue weighted by atomic mass is 35.5. The average Bonchev–Trinajstić information content (AvgIpc) is 2.72. The topological polar surface area (TPSA) is 75.6 Å². The first-order valence-corrected chi connectivity index (χ1v) is 6.30. The molecule has 0 aromatic heterocycles. The third-order valence-corrected chi connectivity index (χ3v) is 3.75. The number of benzene rings is 1. The number of ether oxygens (including phenoxy) is 1. The molecule has 1 aromatic rings. The highest BCUT2D eigenvalue weighted by Gasteiger charge is 2.47. The Bertz CT molecular complexity index is 545. The molecule has 5 nitrogen and oxygen atoms in total. The van der Waals surface area contributed by atoms with Gasteiger partial charge in [0.2, 0.25) is 0 Å². The van der Waals surface area contributed by atoms with Crippen molar-refractivity contribution in [3.05, 3.63) is 34.6 Å². The maximum Gasteiger partial charge on any atom is 0.313 e. The number of hydrogen-bond donors (Lipinski definition) is 2. The second-order valence-corrected chi connectivity index (χ2v) is 5.27. The molecule has 1 aliphatic rings. The fourth-order valence-electron chi connectivity index (χ4n) is 2.03. The zero-order valence-corrected chi connectivity index (χ0v) is 11.4. The van der Waals surface area contributed by atoms with Crippen molar-refractivity contribution in [3.63, 3.8) is 0 Å². The van der Waals surface area contributed by atoms with Crippen LogP contribution in [-0.2, 0) is 9.53 Å². The van der Waals surface area contributed by atoms with Crippen molar-refractivity contribution in [1.29, 1.82) is 0 Å². The van der Waals surface area contributed by atoms with Crippen LogP contribution in [-0.4, -0.2) is 36.2 Å². The van der Waals surface area contributed by atoms with Crippen LogP contribution in [0.15, 0.2) is 18.2 Å². The van der Waals surface area contributed by atoms with Gasteiger partial charge in [0.15, 0.2) is 0 Å². The Morgan fingerprint density at radius 2 is 2.25 bits per heavy atom. The van der Waals surface area contributed by atoms with E-state index in [9.17, 15) is 19.1 Å². The fraction of sp³-hybridized carbons (Fsp3) is 0.385. The number of carboxylic acids is 1. The van der Waals surface area contributed by atoms with Crippen LogP contribution in [0.5, 0.6) is 0 Å². The normalized spacial score (nSPS) is 25.4. The summed E-state index contributed by atoms with van der Waals surface area (Å²) in [5.41, 5.74) is -1.54. The lowest BCUT2D eigenvalue weighted by Gasteiger charge is -2.25. The van der Waals surface area contributed by atoms with Crippen LogP contribution in [0.1, 0.15) is 17.3 Å². The maximum atomic E-state index is 13.6. The van der Waals surface area contributed by atoms with Crippen LogP contribution in [0.3, 0.4) is 0 Å². The van der Waals surface area contributed by atoms with Crippen molar-refractivity contribution in [2.45, 2.75) is 13.0 Å². The van der Waals surface area contributed by atoms with Gasteiger partial charge in [-0.2, -0.15) is 0 Å². The lowest BCUT2D eigenvalue weighted by molar-refractivity contribution is -0.148. The summed E-state index contributed by atoms with van der Waals surface area (Å²) in [6, 6.07) is 3.14. The van der Waals surface area contributed by atoms with E-state index >= 15 is 0 Å². The fourth-order valence-corrected chi connectivity index (χ4v) is 2.28. The third-order valence-electron chi connectivity index (χ3n) is 3.44. The van der Waals surface area contributed by atoms with Crippen LogP contribution in [0.4, 0.5) is 4.39 Å². The lowest BCUT2D eigenvalue weighted by atomic mass is 9.85. The largest absolute Gasteiger partial charge is 0.481 e. The number of carboxylic acid groups (broad SMARTS) is 1. The standard InChI is InChI=1S/C13H13ClFNO4/c1-13(12(18)19)6-20-5-9(13)16-11(17)10-7(14)3-2-4-8(10)15/h2-4,9H,5-6H2,1H3,(H,16,17)(H,18,19). The SMILES string of the molecule is CC1(C(=O)O)COCC1NC(=O)c1c(F)cccc1Cl. The molecule has 1 aromatic carbocycles. The minimum Gasteiger partial charge on any atom is -0.481 e. The van der Waals surface area contributed by atoms with Crippen molar-refractivity contribution >= 4 is 23.5 Å². The van der Waals surface area contributed by atoms with E-state index in [2.05, 4.69) is 5.32 Å². The Labute approximate surface area is 119 Å². The van der Waals surface area contributed by atoms with Gasteiger partial charge in [-0.15, -0.1) is 0 Å². The number of aliphatic carboxylic acids is 1. The van der Waals surface area contributed by atoms with Crippen molar-refractivity contribution < 1.29 is 23.8 Å². The summed E-state index contributed by atoms with van der Waals surface area (Å²) in [6.07, 6.45) is 0. The molecule has 1 heterocycles. The first kappa shape index (κ1) is 14.7. The molecule has 7 heteroatoms. The van der Waals surface area contributed by atoms with E-state index < -0.39 is 29.2 Å². The Kier molecular flexibility index (Phi) is 3.96. The van der Waals surface area contributed by atoms with Crippen LogP contribution in [0.2, 0.25) is 5.02 Å². The molecule has 1 aliphatic heterocycles. The number of amides is 1. The van der Waals surface area contributed by atoms with Gasteiger partial charge >= 0.3 is 5.97 Å². The van der Waals surface area contributed by atoms with Crippen LogP contribution in [0.25, 0.3) is 0 Å². The van der Waals surface area contributed by atoms with E-state index in [1.807, 2.05) is 0 Å². The summed E-state index contributed by atoms with van der Waals surface area (Å²) in [7, 11) is 0. The molecule has 108 valence electrons. The van der Waals surface area contributed by atoms with Gasteiger partial charge in [0.25, 0.3) is 5.91 Å². The lowest BCUT2D eigenvalue weighted by Crippen LogP contribution is -2.49. The third kappa shape index (κ3) is 2.48. The highest BCUT2D eigenvalue weighted by molar-refractivity contribution is 6.33. The Morgan fingerprint density at radius 1 is 1.55 bits per heavy atom. The van der Waals surface area contributed by atoms with Gasteiger partial charge in [0, 0.05) is 0 Å². The number of hydrogen-bond acceptors (Lipinski definition) is 3. The van der Waals surface area contributed by atoms with E-state index in [-0.39, 0.29) is 23.8 Å². The second-order valence-electron chi connectivity index (χ2n) is 4.86. The predicted octanol–water partition coefficient (Wildman–Crippen LogP) is 1.70. The summed E-state index contributed by atoms with van der Waals surface area (Å²) in [6.45, 7) is 1.51. The second kappa shape index (κ2) is 5.38. The van der Waals surface area contributed by atoms with Crippen LogP contribution in [0, 0.1) is 11.2 Å². The summed E-state index contributed by atoms with van der Waals surface area (Å²) >= 11 is 5.80. The van der Waals surface area contributed by atoms with Crippen molar-refractivity contribution in [3.8, 4) is 0 Å². The quantitative estimate of drug-likeness (QED) is 0.891. The molecular weight excluding hydrogens is 289 g/mol. The van der Waals surface area contributed by atoms with E-state index in [1.54, 1.807) is 0 Å². The van der Waals surface area contributed by atoms with Gasteiger partial charge in [-0.3, -0.25) is 9.59 Å². The summed E-state index contributed by atoms with van der Waals surface area (Å²) in [5.74, 6) is -2.60. The van der Waals surface area contributed by atoms with Gasteiger partial charge in [-0.1, -0.05) is 17.7 Å². The number of carbonyl (C=O) groups is 2. The molecule has 1 fully saturated rings. The minimum absolute atomic E-state index is 0.0156. The molecule has 0 aliphatic carbocycles. The van der Waals surface area contributed by atoms with Crippen molar-refractivity contribution in [1.82, 2.24) is 5.32 Å². The first-order chi connectivity index (χ1) is 9.36. The van der Waals surface area contributed by atoms with Gasteiger partial charge in [-0.25, -0.2) is 4.39 Å². The van der Waals surface area contributed by atoms with E-state index in [0.717, 1.165) is 6.07 Å². The molecule has 2 unspecified atom stereocenters.